The first-order chi connectivity index (χ1) is 10.1. The summed E-state index contributed by atoms with van der Waals surface area (Å²) in [4.78, 5) is 24.9. The van der Waals surface area contributed by atoms with E-state index in [2.05, 4.69) is 5.32 Å². The number of amides is 2. The molecule has 0 aromatic carbocycles. The van der Waals surface area contributed by atoms with Gasteiger partial charge in [-0.15, -0.1) is 0 Å². The average Bonchev–Trinajstić information content (AvgIpc) is 3.27. The second-order valence-corrected chi connectivity index (χ2v) is 4.98. The van der Waals surface area contributed by atoms with Crippen LogP contribution in [0.4, 0.5) is 4.79 Å². The average molecular weight is 302 g/mol. The predicted octanol–water partition coefficient (Wildman–Crippen LogP) is 0.934. The van der Waals surface area contributed by atoms with E-state index in [-0.39, 0.29) is 11.9 Å². The fourth-order valence-corrected chi connectivity index (χ4v) is 1.99. The Morgan fingerprint density at radius 3 is 2.10 bits per heavy atom. The summed E-state index contributed by atoms with van der Waals surface area (Å²) in [6.07, 6.45) is 1.71. The maximum atomic E-state index is 12.2. The van der Waals surface area contributed by atoms with Gasteiger partial charge < -0.3 is 24.8 Å². The molecule has 0 radical (unpaired) electrons. The molecule has 1 rings (SSSR count). The summed E-state index contributed by atoms with van der Waals surface area (Å²) in [7, 11) is 0. The Hall–Kier alpha value is -1.34. The molecule has 1 saturated carbocycles. The van der Waals surface area contributed by atoms with Crippen molar-refractivity contribution in [1.82, 2.24) is 10.2 Å². The van der Waals surface area contributed by atoms with Gasteiger partial charge in [0.15, 0.2) is 0 Å². The van der Waals surface area contributed by atoms with E-state index in [0.717, 1.165) is 12.8 Å². The summed E-state index contributed by atoms with van der Waals surface area (Å²) < 4.78 is 10.5. The lowest BCUT2D eigenvalue weighted by molar-refractivity contribution is -0.139. The number of carbonyl (C=O) groups is 2. The Kier molecular flexibility index (Phi) is 8.07. The molecule has 1 aliphatic carbocycles. The number of aliphatic carboxylic acids is 1. The summed E-state index contributed by atoms with van der Waals surface area (Å²) >= 11 is 0. The summed E-state index contributed by atoms with van der Waals surface area (Å²) in [6, 6.07) is -1.16. The molecule has 0 heterocycles. The van der Waals surface area contributed by atoms with Crippen LogP contribution in [-0.4, -0.2) is 67.6 Å². The normalized spacial score (nSPS) is 15.5. The highest BCUT2D eigenvalue weighted by atomic mass is 16.5. The number of carboxylic acids is 1. The van der Waals surface area contributed by atoms with Crippen LogP contribution in [-0.2, 0) is 14.3 Å². The first-order valence-corrected chi connectivity index (χ1v) is 7.53. The van der Waals surface area contributed by atoms with Crippen LogP contribution in [0.1, 0.15) is 26.7 Å². The number of carbonyl (C=O) groups excluding carboxylic acids is 1. The number of nitrogens with one attached hydrogen (secondary N) is 1. The summed E-state index contributed by atoms with van der Waals surface area (Å²) in [5, 5.41) is 11.8. The highest BCUT2D eigenvalue weighted by Gasteiger charge is 2.37. The van der Waals surface area contributed by atoms with Gasteiger partial charge in [-0.2, -0.15) is 0 Å². The minimum Gasteiger partial charge on any atom is -0.480 e. The monoisotopic (exact) mass is 302 g/mol. The van der Waals surface area contributed by atoms with Crippen LogP contribution in [0, 0.1) is 5.92 Å². The quantitative estimate of drug-likeness (QED) is 0.554. The summed E-state index contributed by atoms with van der Waals surface area (Å²) in [5.74, 6) is -0.910. The number of urea groups is 1. The Labute approximate surface area is 125 Å². The second-order valence-electron chi connectivity index (χ2n) is 4.98. The topological polar surface area (TPSA) is 88.1 Å². The molecule has 2 amide bonds. The molecule has 0 bridgehead atoms. The molecule has 0 spiro atoms. The number of hydrogen-bond acceptors (Lipinski definition) is 4. The van der Waals surface area contributed by atoms with Crippen molar-refractivity contribution >= 4 is 12.0 Å². The minimum absolute atomic E-state index is 0.0621. The van der Waals surface area contributed by atoms with E-state index < -0.39 is 12.0 Å². The van der Waals surface area contributed by atoms with Gasteiger partial charge in [0.05, 0.1) is 13.2 Å². The fraction of sp³-hybridized carbons (Fsp3) is 0.857. The highest BCUT2D eigenvalue weighted by molar-refractivity contribution is 5.83. The molecule has 0 aromatic rings. The molecular weight excluding hydrogens is 276 g/mol. The molecule has 7 heteroatoms. The van der Waals surface area contributed by atoms with Crippen LogP contribution in [0.15, 0.2) is 0 Å². The van der Waals surface area contributed by atoms with Gasteiger partial charge in [-0.3, -0.25) is 0 Å². The van der Waals surface area contributed by atoms with Crippen molar-refractivity contribution in [1.29, 1.82) is 0 Å². The van der Waals surface area contributed by atoms with Crippen molar-refractivity contribution in [3.63, 3.8) is 0 Å². The zero-order valence-electron chi connectivity index (χ0n) is 12.8. The second kappa shape index (κ2) is 9.57. The molecule has 122 valence electrons. The largest absolute Gasteiger partial charge is 0.480 e. The molecule has 1 aliphatic rings. The van der Waals surface area contributed by atoms with Crippen LogP contribution in [0.2, 0.25) is 0 Å². The van der Waals surface area contributed by atoms with Gasteiger partial charge in [-0.05, 0) is 32.6 Å². The van der Waals surface area contributed by atoms with E-state index in [1.165, 1.54) is 0 Å². The lowest BCUT2D eigenvalue weighted by Gasteiger charge is -2.25. The highest BCUT2D eigenvalue weighted by Crippen LogP contribution is 2.32. The lowest BCUT2D eigenvalue weighted by Crippen LogP contribution is -2.50. The third-order valence-corrected chi connectivity index (χ3v) is 3.34. The Balaban J connectivity index is 2.48. The zero-order chi connectivity index (χ0) is 15.7. The maximum Gasteiger partial charge on any atom is 0.326 e. The van der Waals surface area contributed by atoms with Crippen LogP contribution in [0.5, 0.6) is 0 Å². The molecule has 0 saturated heterocycles. The number of rotatable bonds is 11. The van der Waals surface area contributed by atoms with Gasteiger partial charge in [0.25, 0.3) is 0 Å². The molecule has 1 fully saturated rings. The third-order valence-electron chi connectivity index (χ3n) is 3.34. The number of ether oxygens (including phenoxy) is 2. The molecule has 1 unspecified atom stereocenters. The van der Waals surface area contributed by atoms with Gasteiger partial charge in [-0.25, -0.2) is 9.59 Å². The van der Waals surface area contributed by atoms with Gasteiger partial charge >= 0.3 is 12.0 Å². The molecule has 0 aliphatic heterocycles. The van der Waals surface area contributed by atoms with E-state index in [9.17, 15) is 9.59 Å². The molecule has 7 nitrogen and oxygen atoms in total. The number of hydrogen-bond donors (Lipinski definition) is 2. The van der Waals surface area contributed by atoms with E-state index >= 15 is 0 Å². The van der Waals surface area contributed by atoms with Gasteiger partial charge in [0.2, 0.25) is 0 Å². The standard InChI is InChI=1S/C14H26N2O5/c1-3-20-9-7-16(8-10-21-4-2)14(19)15-12(13(17)18)11-5-6-11/h11-12H,3-10H2,1-2H3,(H,15,19)(H,17,18). The Morgan fingerprint density at radius 1 is 1.19 bits per heavy atom. The van der Waals surface area contributed by atoms with Crippen LogP contribution in [0.25, 0.3) is 0 Å². The zero-order valence-corrected chi connectivity index (χ0v) is 12.8. The Bertz CT molecular complexity index is 323. The predicted molar refractivity (Wildman–Crippen MR) is 77.2 cm³/mol. The van der Waals surface area contributed by atoms with Gasteiger partial charge in [0, 0.05) is 26.3 Å². The molecular formula is C14H26N2O5. The fourth-order valence-electron chi connectivity index (χ4n) is 1.99. The summed E-state index contributed by atoms with van der Waals surface area (Å²) in [6.45, 7) is 6.64. The summed E-state index contributed by atoms with van der Waals surface area (Å²) in [5.41, 5.74) is 0. The van der Waals surface area contributed by atoms with E-state index in [0.29, 0.717) is 39.5 Å². The SMILES string of the molecule is CCOCCN(CCOCC)C(=O)NC(C(=O)O)C1CC1. The number of nitrogens with zero attached hydrogens (tertiary/aromatic N) is 1. The molecule has 1 atom stereocenters. The van der Waals surface area contributed by atoms with Crippen molar-refractivity contribution in [2.45, 2.75) is 32.7 Å². The van der Waals surface area contributed by atoms with Crippen molar-refractivity contribution in [2.75, 3.05) is 39.5 Å². The van der Waals surface area contributed by atoms with E-state index in [1.807, 2.05) is 13.8 Å². The van der Waals surface area contributed by atoms with Crippen molar-refractivity contribution in [2.24, 2.45) is 5.92 Å². The van der Waals surface area contributed by atoms with Gasteiger partial charge in [-0.1, -0.05) is 0 Å². The number of carboxylic acid groups (broad SMARTS) is 1. The molecule has 21 heavy (non-hydrogen) atoms. The van der Waals surface area contributed by atoms with Crippen LogP contribution < -0.4 is 5.32 Å². The van der Waals surface area contributed by atoms with E-state index in [1.54, 1.807) is 4.90 Å². The Morgan fingerprint density at radius 2 is 1.71 bits per heavy atom. The van der Waals surface area contributed by atoms with Crippen molar-refractivity contribution in [3.05, 3.63) is 0 Å². The smallest absolute Gasteiger partial charge is 0.326 e. The first-order valence-electron chi connectivity index (χ1n) is 7.53. The lowest BCUT2D eigenvalue weighted by atomic mass is 10.2. The van der Waals surface area contributed by atoms with Gasteiger partial charge in [0.1, 0.15) is 6.04 Å². The maximum absolute atomic E-state index is 12.2. The first kappa shape index (κ1) is 17.7. The van der Waals surface area contributed by atoms with Crippen molar-refractivity contribution in [3.8, 4) is 0 Å². The van der Waals surface area contributed by atoms with Crippen LogP contribution >= 0.6 is 0 Å². The van der Waals surface area contributed by atoms with Crippen LogP contribution in [0.3, 0.4) is 0 Å². The van der Waals surface area contributed by atoms with Crippen molar-refractivity contribution < 1.29 is 24.2 Å². The minimum atomic E-state index is -0.972. The molecule has 2 N–H and O–H groups in total. The molecule has 0 aromatic heterocycles. The van der Waals surface area contributed by atoms with E-state index in [4.69, 9.17) is 14.6 Å². The third kappa shape index (κ3) is 6.77.